The van der Waals surface area contributed by atoms with Crippen molar-refractivity contribution in [3.05, 3.63) is 106 Å². The van der Waals surface area contributed by atoms with Crippen LogP contribution in [0.15, 0.2) is 72.8 Å². The third kappa shape index (κ3) is 6.98. The average molecular weight is 461 g/mol. The highest BCUT2D eigenvalue weighted by atomic mass is 19.1. The normalized spacial score (nSPS) is 11.1. The second kappa shape index (κ2) is 12.3. The molecule has 7 nitrogen and oxygen atoms in total. The first-order chi connectivity index (χ1) is 16.5. The van der Waals surface area contributed by atoms with E-state index < -0.39 is 17.9 Å². The van der Waals surface area contributed by atoms with Crippen LogP contribution in [0, 0.1) is 17.7 Å². The van der Waals surface area contributed by atoms with Crippen molar-refractivity contribution in [3.8, 4) is 11.8 Å². The molecule has 0 fully saturated rings. The third-order valence-corrected chi connectivity index (χ3v) is 5.02. The summed E-state index contributed by atoms with van der Waals surface area (Å²) in [6.07, 6.45) is 0. The van der Waals surface area contributed by atoms with Crippen LogP contribution >= 0.6 is 0 Å². The van der Waals surface area contributed by atoms with E-state index >= 15 is 0 Å². The molecule has 0 bridgehead atoms. The van der Waals surface area contributed by atoms with E-state index in [4.69, 9.17) is 10.9 Å². The Bertz CT molecular complexity index is 1190. The van der Waals surface area contributed by atoms with E-state index in [2.05, 4.69) is 22.5 Å². The number of benzene rings is 3. The Labute approximate surface area is 197 Å². The zero-order chi connectivity index (χ0) is 24.3. The molecule has 0 aromatic heterocycles. The van der Waals surface area contributed by atoms with Gasteiger partial charge in [0.1, 0.15) is 11.9 Å². The van der Waals surface area contributed by atoms with Crippen LogP contribution in [0.2, 0.25) is 0 Å². The van der Waals surface area contributed by atoms with E-state index in [0.29, 0.717) is 24.2 Å². The van der Waals surface area contributed by atoms with Crippen molar-refractivity contribution in [1.82, 2.24) is 16.1 Å². The minimum absolute atomic E-state index is 0.151. The smallest absolute Gasteiger partial charge is 0.267 e. The summed E-state index contributed by atoms with van der Waals surface area (Å²) in [5.74, 6) is 4.62. The molecule has 2 amide bonds. The lowest BCUT2D eigenvalue weighted by molar-refractivity contribution is -0.130. The number of nitrogens with two attached hydrogens (primary N) is 1. The highest BCUT2D eigenvalue weighted by Crippen LogP contribution is 2.08. The van der Waals surface area contributed by atoms with E-state index in [9.17, 15) is 14.0 Å². The topological polar surface area (TPSA) is 116 Å². The van der Waals surface area contributed by atoms with Gasteiger partial charge in [0.25, 0.3) is 11.8 Å². The fourth-order valence-corrected chi connectivity index (χ4v) is 3.09. The van der Waals surface area contributed by atoms with Gasteiger partial charge in [0.05, 0.1) is 0 Å². The first kappa shape index (κ1) is 24.6. The molecule has 0 unspecified atom stereocenters. The number of amides is 2. The fraction of sp³-hybridized carbons (Fsp3) is 0.154. The number of carbonyl (C=O) groups is 2. The maximum absolute atomic E-state index is 13.7. The van der Waals surface area contributed by atoms with Crippen molar-refractivity contribution in [2.45, 2.75) is 19.1 Å². The molecule has 34 heavy (non-hydrogen) atoms. The molecule has 1 atom stereocenters. The SMILES string of the molecule is NC[C@H](NC(=O)c1ccc(C#Cc2ccc(CNCc3ccccc3F)cc2)cc1)C(=O)NO. The van der Waals surface area contributed by atoms with Gasteiger partial charge in [-0.15, -0.1) is 0 Å². The predicted octanol–water partition coefficient (Wildman–Crippen LogP) is 2.08. The minimum Gasteiger partial charge on any atom is -0.339 e. The molecule has 6 N–H and O–H groups in total. The Morgan fingerprint density at radius 2 is 1.53 bits per heavy atom. The van der Waals surface area contributed by atoms with E-state index in [0.717, 1.165) is 16.7 Å². The highest BCUT2D eigenvalue weighted by Gasteiger charge is 2.19. The molecule has 0 saturated heterocycles. The van der Waals surface area contributed by atoms with Gasteiger partial charge in [-0.3, -0.25) is 14.8 Å². The largest absolute Gasteiger partial charge is 0.339 e. The van der Waals surface area contributed by atoms with Crippen molar-refractivity contribution in [1.29, 1.82) is 0 Å². The molecule has 0 radical (unpaired) electrons. The summed E-state index contributed by atoms with van der Waals surface area (Å²) in [6, 6.07) is 20.0. The van der Waals surface area contributed by atoms with Crippen molar-refractivity contribution in [3.63, 3.8) is 0 Å². The van der Waals surface area contributed by atoms with Gasteiger partial charge in [0.15, 0.2) is 0 Å². The van der Waals surface area contributed by atoms with Crippen molar-refractivity contribution >= 4 is 11.8 Å². The van der Waals surface area contributed by atoms with E-state index in [1.165, 1.54) is 11.5 Å². The summed E-state index contributed by atoms with van der Waals surface area (Å²) < 4.78 is 13.7. The first-order valence-electron chi connectivity index (χ1n) is 10.6. The van der Waals surface area contributed by atoms with E-state index in [-0.39, 0.29) is 12.4 Å². The minimum atomic E-state index is -1.03. The molecule has 174 valence electrons. The summed E-state index contributed by atoms with van der Waals surface area (Å²) in [7, 11) is 0. The molecule has 3 rings (SSSR count). The Hall–Kier alpha value is -4.03. The number of hydrogen-bond acceptors (Lipinski definition) is 5. The lowest BCUT2D eigenvalue weighted by Crippen LogP contribution is -2.50. The van der Waals surface area contributed by atoms with Gasteiger partial charge in [0, 0.05) is 41.9 Å². The second-order valence-electron chi connectivity index (χ2n) is 7.46. The maximum atomic E-state index is 13.7. The molecule has 0 spiro atoms. The van der Waals surface area contributed by atoms with Crippen LogP contribution in [0.4, 0.5) is 4.39 Å². The van der Waals surface area contributed by atoms with Crippen LogP contribution in [-0.4, -0.2) is 29.6 Å². The zero-order valence-electron chi connectivity index (χ0n) is 18.3. The van der Waals surface area contributed by atoms with Crippen LogP contribution < -0.4 is 21.8 Å². The Morgan fingerprint density at radius 1 is 0.912 bits per heavy atom. The summed E-state index contributed by atoms with van der Waals surface area (Å²) >= 11 is 0. The van der Waals surface area contributed by atoms with Gasteiger partial charge in [-0.25, -0.2) is 9.87 Å². The van der Waals surface area contributed by atoms with Crippen molar-refractivity contribution < 1.29 is 19.2 Å². The highest BCUT2D eigenvalue weighted by molar-refractivity contribution is 5.97. The van der Waals surface area contributed by atoms with Crippen LogP contribution in [0.3, 0.4) is 0 Å². The molecule has 0 aliphatic heterocycles. The lowest BCUT2D eigenvalue weighted by Gasteiger charge is -2.14. The van der Waals surface area contributed by atoms with Crippen LogP contribution in [0.1, 0.15) is 32.6 Å². The second-order valence-corrected chi connectivity index (χ2v) is 7.46. The molecule has 3 aromatic rings. The monoisotopic (exact) mass is 460 g/mol. The van der Waals surface area contributed by atoms with Crippen molar-refractivity contribution in [2.24, 2.45) is 5.73 Å². The molecule has 3 aromatic carbocycles. The lowest BCUT2D eigenvalue weighted by atomic mass is 10.1. The fourth-order valence-electron chi connectivity index (χ4n) is 3.09. The third-order valence-electron chi connectivity index (χ3n) is 5.02. The molecule has 8 heteroatoms. The Balaban J connectivity index is 1.53. The van der Waals surface area contributed by atoms with E-state index in [1.807, 2.05) is 30.3 Å². The Kier molecular flexibility index (Phi) is 8.88. The summed E-state index contributed by atoms with van der Waals surface area (Å²) in [4.78, 5) is 23.7. The van der Waals surface area contributed by atoms with Gasteiger partial charge in [-0.05, 0) is 48.0 Å². The van der Waals surface area contributed by atoms with Crippen molar-refractivity contribution in [2.75, 3.05) is 6.54 Å². The summed E-state index contributed by atoms with van der Waals surface area (Å²) in [5.41, 5.74) is 10.5. The van der Waals surface area contributed by atoms with E-state index in [1.54, 1.807) is 36.4 Å². The molecule has 0 aliphatic carbocycles. The van der Waals surface area contributed by atoms with Gasteiger partial charge >= 0.3 is 0 Å². The summed E-state index contributed by atoms with van der Waals surface area (Å²) in [6.45, 7) is 0.905. The molecule has 0 saturated carbocycles. The molecular weight excluding hydrogens is 435 g/mol. The van der Waals surface area contributed by atoms with Crippen LogP contribution in [0.5, 0.6) is 0 Å². The number of halogens is 1. The van der Waals surface area contributed by atoms with Crippen LogP contribution in [0.25, 0.3) is 0 Å². The quantitative estimate of drug-likeness (QED) is 0.201. The molecular formula is C26H25FN4O3. The molecule has 0 heterocycles. The average Bonchev–Trinajstić information content (AvgIpc) is 2.87. The predicted molar refractivity (Wildman–Crippen MR) is 126 cm³/mol. The van der Waals surface area contributed by atoms with Gasteiger partial charge in [-0.2, -0.15) is 0 Å². The number of rotatable bonds is 8. The molecule has 0 aliphatic rings. The van der Waals surface area contributed by atoms with Gasteiger partial charge < -0.3 is 16.4 Å². The standard InChI is InChI=1S/C26H25FN4O3/c27-23-4-2-1-3-22(23)17-29-16-20-9-7-18(8-10-20)5-6-19-11-13-21(14-12-19)25(32)30-24(15-28)26(33)31-34/h1-4,7-14,24,29,34H,15-17,28H2,(H,30,32)(H,31,33)/t24-/m0/s1. The zero-order valence-corrected chi connectivity index (χ0v) is 18.3. The number of carbonyl (C=O) groups excluding carboxylic acids is 2. The first-order valence-corrected chi connectivity index (χ1v) is 10.6. The number of nitrogens with one attached hydrogen (secondary N) is 3. The number of hydrogen-bond donors (Lipinski definition) is 5. The maximum Gasteiger partial charge on any atom is 0.267 e. The summed E-state index contributed by atoms with van der Waals surface area (Å²) in [5, 5.41) is 14.3. The Morgan fingerprint density at radius 3 is 2.12 bits per heavy atom. The van der Waals surface area contributed by atoms with Gasteiger partial charge in [-0.1, -0.05) is 42.2 Å². The van der Waals surface area contributed by atoms with Crippen LogP contribution in [-0.2, 0) is 17.9 Å². The number of hydroxylamine groups is 1. The van der Waals surface area contributed by atoms with Gasteiger partial charge in [0.2, 0.25) is 0 Å².